The second kappa shape index (κ2) is 7.83. The standard InChI is InChI=1S/C16H19BO4/c1-20-12-14-11-15(7-8-16(14)17(18)19)21-10-9-13-5-3-2-4-6-13/h2-8,11,18-19H,9-10,12H2,1H3. The average Bonchev–Trinajstić information content (AvgIpc) is 2.49. The molecular formula is C16H19BO4. The van der Waals surface area contributed by atoms with Crippen LogP contribution in [0.25, 0.3) is 0 Å². The molecule has 2 N–H and O–H groups in total. The SMILES string of the molecule is COCc1cc(OCCc2ccccc2)ccc1B(O)O. The van der Waals surface area contributed by atoms with Crippen LogP contribution < -0.4 is 10.2 Å². The lowest BCUT2D eigenvalue weighted by Crippen LogP contribution is -2.33. The van der Waals surface area contributed by atoms with Crippen molar-refractivity contribution in [3.05, 3.63) is 59.7 Å². The summed E-state index contributed by atoms with van der Waals surface area (Å²) in [6.07, 6.45) is 0.824. The molecule has 0 saturated carbocycles. The van der Waals surface area contributed by atoms with Gasteiger partial charge in [0, 0.05) is 13.5 Å². The number of hydrogen-bond acceptors (Lipinski definition) is 4. The second-order valence-corrected chi connectivity index (χ2v) is 4.75. The quantitative estimate of drug-likeness (QED) is 0.749. The molecule has 4 nitrogen and oxygen atoms in total. The van der Waals surface area contributed by atoms with Gasteiger partial charge in [0.1, 0.15) is 5.75 Å². The van der Waals surface area contributed by atoms with Gasteiger partial charge in [-0.05, 0) is 28.7 Å². The second-order valence-electron chi connectivity index (χ2n) is 4.75. The van der Waals surface area contributed by atoms with E-state index in [4.69, 9.17) is 9.47 Å². The third-order valence-electron chi connectivity index (χ3n) is 3.19. The Morgan fingerprint density at radius 1 is 1.05 bits per heavy atom. The fourth-order valence-electron chi connectivity index (χ4n) is 2.14. The lowest BCUT2D eigenvalue weighted by atomic mass is 9.77. The zero-order chi connectivity index (χ0) is 15.1. The Morgan fingerprint density at radius 2 is 1.81 bits per heavy atom. The number of ether oxygens (including phenoxy) is 2. The molecule has 2 aromatic carbocycles. The summed E-state index contributed by atoms with van der Waals surface area (Å²) < 4.78 is 10.8. The predicted molar refractivity (Wildman–Crippen MR) is 82.6 cm³/mol. The maximum absolute atomic E-state index is 9.31. The Bertz CT molecular complexity index is 557. The fraction of sp³-hybridized carbons (Fsp3) is 0.250. The molecule has 0 heterocycles. The van der Waals surface area contributed by atoms with E-state index in [-0.39, 0.29) is 0 Å². The topological polar surface area (TPSA) is 58.9 Å². The first kappa shape index (κ1) is 15.6. The van der Waals surface area contributed by atoms with Gasteiger partial charge in [0.2, 0.25) is 0 Å². The van der Waals surface area contributed by atoms with Crippen LogP contribution in [-0.4, -0.2) is 30.9 Å². The molecule has 5 heteroatoms. The molecule has 0 spiro atoms. The highest BCUT2D eigenvalue weighted by atomic mass is 16.5. The molecule has 0 saturated heterocycles. The van der Waals surface area contributed by atoms with Gasteiger partial charge in [0.25, 0.3) is 0 Å². The number of rotatable bonds is 7. The maximum Gasteiger partial charge on any atom is 0.488 e. The summed E-state index contributed by atoms with van der Waals surface area (Å²) in [4.78, 5) is 0. The smallest absolute Gasteiger partial charge is 0.488 e. The molecule has 0 radical (unpaired) electrons. The molecule has 110 valence electrons. The first-order chi connectivity index (χ1) is 10.2. The fourth-order valence-corrected chi connectivity index (χ4v) is 2.14. The Kier molecular flexibility index (Phi) is 5.81. The summed E-state index contributed by atoms with van der Waals surface area (Å²) in [5.74, 6) is 0.697. The molecule has 0 unspecified atom stereocenters. The van der Waals surface area contributed by atoms with Gasteiger partial charge in [0.05, 0.1) is 13.2 Å². The van der Waals surface area contributed by atoms with Gasteiger partial charge >= 0.3 is 7.12 Å². The van der Waals surface area contributed by atoms with Crippen LogP contribution >= 0.6 is 0 Å². The normalized spacial score (nSPS) is 10.4. The third-order valence-corrected chi connectivity index (χ3v) is 3.19. The first-order valence-corrected chi connectivity index (χ1v) is 6.85. The lowest BCUT2D eigenvalue weighted by Gasteiger charge is -2.12. The molecule has 2 rings (SSSR count). The van der Waals surface area contributed by atoms with E-state index in [9.17, 15) is 10.0 Å². The van der Waals surface area contributed by atoms with Crippen molar-refractivity contribution in [3.8, 4) is 5.75 Å². The summed E-state index contributed by atoms with van der Waals surface area (Å²) in [7, 11) is 0.0599. The Hall–Kier alpha value is -1.82. The van der Waals surface area contributed by atoms with E-state index in [0.717, 1.165) is 6.42 Å². The van der Waals surface area contributed by atoms with Gasteiger partial charge in [-0.1, -0.05) is 36.4 Å². The number of methoxy groups -OCH3 is 1. The summed E-state index contributed by atoms with van der Waals surface area (Å²) in [6.45, 7) is 0.875. The van der Waals surface area contributed by atoms with Crippen LogP contribution in [0.15, 0.2) is 48.5 Å². The van der Waals surface area contributed by atoms with Gasteiger partial charge in [0.15, 0.2) is 0 Å². The highest BCUT2D eigenvalue weighted by Crippen LogP contribution is 2.14. The molecule has 0 aromatic heterocycles. The van der Waals surface area contributed by atoms with E-state index < -0.39 is 7.12 Å². The highest BCUT2D eigenvalue weighted by Gasteiger charge is 2.16. The summed E-state index contributed by atoms with van der Waals surface area (Å²) in [5.41, 5.74) is 2.37. The minimum Gasteiger partial charge on any atom is -0.493 e. The lowest BCUT2D eigenvalue weighted by molar-refractivity contribution is 0.185. The van der Waals surface area contributed by atoms with Crippen molar-refractivity contribution in [2.45, 2.75) is 13.0 Å². The van der Waals surface area contributed by atoms with Crippen LogP contribution in [0.5, 0.6) is 5.75 Å². The van der Waals surface area contributed by atoms with E-state index in [1.54, 1.807) is 25.3 Å². The van der Waals surface area contributed by atoms with Crippen LogP contribution in [0.1, 0.15) is 11.1 Å². The van der Waals surface area contributed by atoms with Crippen molar-refractivity contribution in [1.82, 2.24) is 0 Å². The van der Waals surface area contributed by atoms with Crippen molar-refractivity contribution in [2.24, 2.45) is 0 Å². The maximum atomic E-state index is 9.31. The van der Waals surface area contributed by atoms with Crippen molar-refractivity contribution >= 4 is 12.6 Å². The minimum absolute atomic E-state index is 0.308. The largest absolute Gasteiger partial charge is 0.493 e. The van der Waals surface area contributed by atoms with Crippen molar-refractivity contribution in [3.63, 3.8) is 0 Å². The van der Waals surface area contributed by atoms with Crippen LogP contribution in [-0.2, 0) is 17.8 Å². The van der Waals surface area contributed by atoms with Gasteiger partial charge < -0.3 is 19.5 Å². The number of benzene rings is 2. The van der Waals surface area contributed by atoms with Gasteiger partial charge in [-0.25, -0.2) is 0 Å². The molecule has 0 amide bonds. The molecular weight excluding hydrogens is 267 g/mol. The zero-order valence-corrected chi connectivity index (χ0v) is 12.0. The van der Waals surface area contributed by atoms with Crippen molar-refractivity contribution < 1.29 is 19.5 Å². The van der Waals surface area contributed by atoms with Crippen LogP contribution in [0.3, 0.4) is 0 Å². The first-order valence-electron chi connectivity index (χ1n) is 6.85. The molecule has 2 aromatic rings. The Labute approximate surface area is 125 Å². The Balaban J connectivity index is 1.98. The molecule has 0 aliphatic carbocycles. The van der Waals surface area contributed by atoms with Gasteiger partial charge in [-0.2, -0.15) is 0 Å². The van der Waals surface area contributed by atoms with Crippen LogP contribution in [0.2, 0.25) is 0 Å². The third kappa shape index (κ3) is 4.60. The highest BCUT2D eigenvalue weighted by molar-refractivity contribution is 6.59. The summed E-state index contributed by atoms with van der Waals surface area (Å²) >= 11 is 0. The van der Waals surface area contributed by atoms with Crippen LogP contribution in [0.4, 0.5) is 0 Å². The predicted octanol–water partition coefficient (Wildman–Crippen LogP) is 1.13. The molecule has 0 bridgehead atoms. The van der Waals surface area contributed by atoms with Crippen molar-refractivity contribution in [2.75, 3.05) is 13.7 Å². The van der Waals surface area contributed by atoms with Gasteiger partial charge in [-0.3, -0.25) is 0 Å². The Morgan fingerprint density at radius 3 is 2.48 bits per heavy atom. The molecule has 0 atom stereocenters. The van der Waals surface area contributed by atoms with E-state index in [1.165, 1.54) is 5.56 Å². The zero-order valence-electron chi connectivity index (χ0n) is 12.0. The van der Waals surface area contributed by atoms with Gasteiger partial charge in [-0.15, -0.1) is 0 Å². The minimum atomic E-state index is -1.51. The van der Waals surface area contributed by atoms with Crippen molar-refractivity contribution in [1.29, 1.82) is 0 Å². The van der Waals surface area contributed by atoms with E-state index in [1.807, 2.05) is 18.2 Å². The van der Waals surface area contributed by atoms with E-state index in [2.05, 4.69) is 12.1 Å². The molecule has 0 aliphatic rings. The molecule has 0 fully saturated rings. The monoisotopic (exact) mass is 286 g/mol. The summed E-state index contributed by atoms with van der Waals surface area (Å²) in [5, 5.41) is 18.6. The van der Waals surface area contributed by atoms with E-state index in [0.29, 0.717) is 30.0 Å². The summed E-state index contributed by atoms with van der Waals surface area (Å²) in [6, 6.07) is 15.3. The van der Waals surface area contributed by atoms with Crippen LogP contribution in [0, 0.1) is 0 Å². The molecule has 21 heavy (non-hydrogen) atoms. The molecule has 0 aliphatic heterocycles. The number of hydrogen-bond donors (Lipinski definition) is 2. The van der Waals surface area contributed by atoms with E-state index >= 15 is 0 Å². The average molecular weight is 286 g/mol.